The predicted octanol–water partition coefficient (Wildman–Crippen LogP) is 2.10. The lowest BCUT2D eigenvalue weighted by Crippen LogP contribution is -2.56. The summed E-state index contributed by atoms with van der Waals surface area (Å²) in [5.74, 6) is 2.32. The predicted molar refractivity (Wildman–Crippen MR) is 80.2 cm³/mol. The van der Waals surface area contributed by atoms with Gasteiger partial charge in [0, 0.05) is 31.8 Å². The second kappa shape index (κ2) is 7.05. The van der Waals surface area contributed by atoms with E-state index in [0.29, 0.717) is 18.6 Å². The Kier molecular flexibility index (Phi) is 5.67. The Morgan fingerprint density at radius 1 is 1.21 bits per heavy atom. The van der Waals surface area contributed by atoms with E-state index in [1.807, 2.05) is 0 Å². The number of aliphatic hydroxyl groups excluding tert-OH is 1. The number of rotatable bonds is 6. The molecule has 2 N–H and O–H groups in total. The Morgan fingerprint density at radius 3 is 2.53 bits per heavy atom. The van der Waals surface area contributed by atoms with E-state index in [1.54, 1.807) is 0 Å². The Hall–Kier alpha value is -0.120. The van der Waals surface area contributed by atoms with Crippen molar-refractivity contribution in [3.8, 4) is 0 Å². The van der Waals surface area contributed by atoms with Crippen LogP contribution in [0.2, 0.25) is 0 Å². The van der Waals surface area contributed by atoms with Gasteiger partial charge in [-0.15, -0.1) is 0 Å². The number of aliphatic hydroxyl groups is 1. The molecule has 0 aromatic heterocycles. The van der Waals surface area contributed by atoms with Crippen LogP contribution in [0.15, 0.2) is 0 Å². The Morgan fingerprint density at radius 2 is 1.95 bits per heavy atom. The summed E-state index contributed by atoms with van der Waals surface area (Å²) in [5.41, 5.74) is 0. The third-order valence-corrected chi connectivity index (χ3v) is 4.78. The van der Waals surface area contributed by atoms with Gasteiger partial charge in [0.15, 0.2) is 0 Å². The van der Waals surface area contributed by atoms with E-state index in [4.69, 9.17) is 0 Å². The molecule has 0 spiro atoms. The first-order valence-corrected chi connectivity index (χ1v) is 8.16. The van der Waals surface area contributed by atoms with E-state index in [-0.39, 0.29) is 0 Å². The molecule has 3 heteroatoms. The Labute approximate surface area is 118 Å². The molecule has 19 heavy (non-hydrogen) atoms. The summed E-state index contributed by atoms with van der Waals surface area (Å²) >= 11 is 0. The summed E-state index contributed by atoms with van der Waals surface area (Å²) in [6, 6.07) is 1.45. The molecule has 0 radical (unpaired) electrons. The number of hydrogen-bond donors (Lipinski definition) is 2. The lowest BCUT2D eigenvalue weighted by atomic mass is 9.78. The van der Waals surface area contributed by atoms with Crippen molar-refractivity contribution in [2.75, 3.05) is 26.2 Å². The fourth-order valence-electron chi connectivity index (χ4n) is 3.64. The van der Waals surface area contributed by atoms with Crippen LogP contribution in [0, 0.1) is 17.8 Å². The van der Waals surface area contributed by atoms with Crippen LogP contribution >= 0.6 is 0 Å². The molecular weight excluding hydrogens is 236 g/mol. The smallest absolute Gasteiger partial charge is 0.0434 e. The molecule has 1 saturated carbocycles. The lowest BCUT2D eigenvalue weighted by Gasteiger charge is -2.47. The third-order valence-electron chi connectivity index (χ3n) is 4.78. The van der Waals surface area contributed by atoms with Crippen molar-refractivity contribution < 1.29 is 5.11 Å². The van der Waals surface area contributed by atoms with Crippen LogP contribution in [0.4, 0.5) is 0 Å². The van der Waals surface area contributed by atoms with Crippen LogP contribution < -0.4 is 5.32 Å². The molecule has 1 aliphatic carbocycles. The van der Waals surface area contributed by atoms with Gasteiger partial charge in [-0.2, -0.15) is 0 Å². The second-order valence-electron chi connectivity index (χ2n) is 7.30. The topological polar surface area (TPSA) is 35.5 Å². The molecule has 2 rings (SSSR count). The highest BCUT2D eigenvalue weighted by Crippen LogP contribution is 2.34. The van der Waals surface area contributed by atoms with Crippen molar-refractivity contribution in [2.24, 2.45) is 17.8 Å². The van der Waals surface area contributed by atoms with E-state index in [1.165, 1.54) is 32.4 Å². The standard InChI is InChI=1S/C16H32N2O/c1-12(2)9-17-15-8-14(4-5-19)10-18(11-15)16-6-13(3)7-16/h12-17,19H,4-11H2,1-3H3. The van der Waals surface area contributed by atoms with Gasteiger partial charge in [-0.05, 0) is 50.0 Å². The van der Waals surface area contributed by atoms with Crippen molar-refractivity contribution >= 4 is 0 Å². The Balaban J connectivity index is 1.85. The Bertz CT molecular complexity index is 263. The molecule has 0 aromatic rings. The van der Waals surface area contributed by atoms with Crippen LogP contribution in [0.5, 0.6) is 0 Å². The van der Waals surface area contributed by atoms with Gasteiger partial charge in [0.05, 0.1) is 0 Å². The quantitative estimate of drug-likeness (QED) is 0.774. The molecule has 1 aliphatic heterocycles. The van der Waals surface area contributed by atoms with E-state index in [2.05, 4.69) is 31.0 Å². The third kappa shape index (κ3) is 4.44. The van der Waals surface area contributed by atoms with Crippen molar-refractivity contribution in [1.82, 2.24) is 10.2 Å². The van der Waals surface area contributed by atoms with Crippen molar-refractivity contribution in [3.05, 3.63) is 0 Å². The van der Waals surface area contributed by atoms with Crippen LogP contribution in [0.25, 0.3) is 0 Å². The molecule has 0 bridgehead atoms. The maximum Gasteiger partial charge on any atom is 0.0434 e. The fraction of sp³-hybridized carbons (Fsp3) is 1.00. The van der Waals surface area contributed by atoms with E-state index < -0.39 is 0 Å². The monoisotopic (exact) mass is 268 g/mol. The number of nitrogens with one attached hydrogen (secondary N) is 1. The van der Waals surface area contributed by atoms with Gasteiger partial charge in [0.1, 0.15) is 0 Å². The maximum atomic E-state index is 9.22. The van der Waals surface area contributed by atoms with Crippen molar-refractivity contribution in [1.29, 1.82) is 0 Å². The van der Waals surface area contributed by atoms with Crippen LogP contribution in [0.1, 0.15) is 46.5 Å². The van der Waals surface area contributed by atoms with Crippen LogP contribution in [0.3, 0.4) is 0 Å². The summed E-state index contributed by atoms with van der Waals surface area (Å²) in [6.07, 6.45) is 4.97. The zero-order valence-corrected chi connectivity index (χ0v) is 12.9. The molecule has 2 aliphatic rings. The molecule has 2 atom stereocenters. The summed E-state index contributed by atoms with van der Waals surface area (Å²) < 4.78 is 0. The van der Waals surface area contributed by atoms with Gasteiger partial charge in [-0.1, -0.05) is 20.8 Å². The van der Waals surface area contributed by atoms with Gasteiger partial charge >= 0.3 is 0 Å². The molecule has 112 valence electrons. The highest BCUT2D eigenvalue weighted by molar-refractivity contribution is 4.92. The number of hydrogen-bond acceptors (Lipinski definition) is 3. The van der Waals surface area contributed by atoms with Gasteiger partial charge in [0.2, 0.25) is 0 Å². The zero-order valence-electron chi connectivity index (χ0n) is 12.9. The minimum atomic E-state index is 0.344. The summed E-state index contributed by atoms with van der Waals surface area (Å²) in [5, 5.41) is 13.0. The fourth-order valence-corrected chi connectivity index (χ4v) is 3.64. The van der Waals surface area contributed by atoms with Crippen LogP contribution in [-0.4, -0.2) is 48.3 Å². The molecule has 3 nitrogen and oxygen atoms in total. The van der Waals surface area contributed by atoms with Gasteiger partial charge in [-0.3, -0.25) is 4.90 Å². The molecule has 1 heterocycles. The molecule has 1 saturated heterocycles. The zero-order chi connectivity index (χ0) is 13.8. The first-order chi connectivity index (χ1) is 9.08. The lowest BCUT2D eigenvalue weighted by molar-refractivity contribution is 0.0278. The summed E-state index contributed by atoms with van der Waals surface area (Å²) in [6.45, 7) is 10.8. The van der Waals surface area contributed by atoms with Gasteiger partial charge in [-0.25, -0.2) is 0 Å². The first kappa shape index (κ1) is 15.3. The average Bonchev–Trinajstić information content (AvgIpc) is 2.33. The summed E-state index contributed by atoms with van der Waals surface area (Å²) in [4.78, 5) is 2.70. The van der Waals surface area contributed by atoms with E-state index >= 15 is 0 Å². The first-order valence-electron chi connectivity index (χ1n) is 8.16. The van der Waals surface area contributed by atoms with Crippen molar-refractivity contribution in [3.63, 3.8) is 0 Å². The minimum absolute atomic E-state index is 0.344. The second-order valence-corrected chi connectivity index (χ2v) is 7.30. The van der Waals surface area contributed by atoms with E-state index in [9.17, 15) is 5.11 Å². The molecule has 0 amide bonds. The molecular formula is C16H32N2O. The number of piperidine rings is 1. The summed E-state index contributed by atoms with van der Waals surface area (Å²) in [7, 11) is 0. The number of likely N-dealkylation sites (tertiary alicyclic amines) is 1. The molecule has 2 unspecified atom stereocenters. The molecule has 0 aromatic carbocycles. The normalized spacial score (nSPS) is 36.5. The van der Waals surface area contributed by atoms with Gasteiger partial charge < -0.3 is 10.4 Å². The largest absolute Gasteiger partial charge is 0.396 e. The highest BCUT2D eigenvalue weighted by atomic mass is 16.3. The maximum absolute atomic E-state index is 9.22. The molecule has 2 fully saturated rings. The highest BCUT2D eigenvalue weighted by Gasteiger charge is 2.36. The SMILES string of the molecule is CC(C)CNC1CC(CCO)CN(C2CC(C)C2)C1. The number of nitrogens with zero attached hydrogens (tertiary/aromatic N) is 1. The van der Waals surface area contributed by atoms with E-state index in [0.717, 1.165) is 30.8 Å². The van der Waals surface area contributed by atoms with Crippen LogP contribution in [-0.2, 0) is 0 Å². The van der Waals surface area contributed by atoms with Crippen molar-refractivity contribution in [2.45, 2.75) is 58.5 Å². The van der Waals surface area contributed by atoms with Gasteiger partial charge in [0.25, 0.3) is 0 Å². The minimum Gasteiger partial charge on any atom is -0.396 e. The average molecular weight is 268 g/mol.